The Balaban J connectivity index is 1.34. The van der Waals surface area contributed by atoms with Crippen molar-refractivity contribution in [2.45, 2.75) is 32.1 Å². The Labute approximate surface area is 252 Å². The minimum atomic E-state index is -0.0165. The molecule has 206 valence electrons. The van der Waals surface area contributed by atoms with Gasteiger partial charge in [-0.1, -0.05) is 123 Å². The van der Waals surface area contributed by atoms with E-state index >= 15 is 0 Å². The normalized spacial score (nSPS) is 13.3. The van der Waals surface area contributed by atoms with Crippen LogP contribution in [0.4, 0.5) is 0 Å². The molecule has 0 amide bonds. The fourth-order valence-corrected chi connectivity index (χ4v) is 7.03. The van der Waals surface area contributed by atoms with Crippen LogP contribution in [0.5, 0.6) is 0 Å². The van der Waals surface area contributed by atoms with Gasteiger partial charge in [0, 0.05) is 22.1 Å². The lowest BCUT2D eigenvalue weighted by Gasteiger charge is -2.29. The summed E-state index contributed by atoms with van der Waals surface area (Å²) in [5.74, 6) is 2.06. The number of fused-ring (bicyclic) bond motifs is 5. The van der Waals surface area contributed by atoms with Crippen molar-refractivity contribution in [2.24, 2.45) is 0 Å². The highest BCUT2D eigenvalue weighted by molar-refractivity contribution is 5.89. The molecule has 3 heteroatoms. The summed E-state index contributed by atoms with van der Waals surface area (Å²) in [4.78, 5) is 15.3. The van der Waals surface area contributed by atoms with Gasteiger partial charge in [-0.15, -0.1) is 0 Å². The van der Waals surface area contributed by atoms with Crippen molar-refractivity contribution in [3.63, 3.8) is 0 Å². The molecule has 0 spiro atoms. The van der Waals surface area contributed by atoms with Gasteiger partial charge < -0.3 is 0 Å². The van der Waals surface area contributed by atoms with Crippen molar-refractivity contribution in [1.29, 1.82) is 0 Å². The van der Waals surface area contributed by atoms with E-state index in [1.165, 1.54) is 43.8 Å². The molecule has 0 unspecified atom stereocenters. The van der Waals surface area contributed by atoms with Crippen LogP contribution >= 0.6 is 0 Å². The fraction of sp³-hybridized carbons (Fsp3) is 0.125. The van der Waals surface area contributed by atoms with Crippen molar-refractivity contribution in [1.82, 2.24) is 15.0 Å². The molecule has 0 radical (unpaired) electrons. The summed E-state index contributed by atoms with van der Waals surface area (Å²) in [6.45, 7) is 4.61. The third-order valence-corrected chi connectivity index (χ3v) is 9.38. The Kier molecular flexibility index (Phi) is 5.94. The number of benzene rings is 6. The van der Waals surface area contributed by atoms with Crippen molar-refractivity contribution >= 4 is 21.5 Å². The van der Waals surface area contributed by atoms with E-state index < -0.39 is 0 Å². The maximum absolute atomic E-state index is 5.12. The van der Waals surface area contributed by atoms with E-state index in [4.69, 9.17) is 15.0 Å². The van der Waals surface area contributed by atoms with Gasteiger partial charge in [0.1, 0.15) is 0 Å². The van der Waals surface area contributed by atoms with Crippen LogP contribution in [0.2, 0.25) is 0 Å². The number of hydrogen-bond donors (Lipinski definition) is 0. The molecule has 1 aliphatic rings. The monoisotopic (exact) mass is 553 g/mol. The standard InChI is InChI=1S/C40H31N3/c1-3-40(4-2)35-16-10-9-15-33(35)34-22-21-32(25-36(34)40)39-42-37(30-19-17-26-11-5-7-13-28(26)23-30)41-38(43-39)31-20-18-27-12-6-8-14-29(27)24-31/h5-25H,3-4H2,1-2H3. The second-order valence-corrected chi connectivity index (χ2v) is 11.5. The van der Waals surface area contributed by atoms with Crippen molar-refractivity contribution in [3.8, 4) is 45.3 Å². The average molecular weight is 554 g/mol. The quantitative estimate of drug-likeness (QED) is 0.213. The first-order chi connectivity index (χ1) is 21.2. The van der Waals surface area contributed by atoms with E-state index in [0.29, 0.717) is 17.5 Å². The van der Waals surface area contributed by atoms with Gasteiger partial charge in [-0.05, 0) is 74.8 Å². The zero-order valence-corrected chi connectivity index (χ0v) is 24.4. The molecule has 0 fully saturated rings. The fourth-order valence-electron chi connectivity index (χ4n) is 7.03. The zero-order chi connectivity index (χ0) is 29.0. The van der Waals surface area contributed by atoms with Gasteiger partial charge in [0.25, 0.3) is 0 Å². The zero-order valence-electron chi connectivity index (χ0n) is 24.4. The maximum atomic E-state index is 5.12. The molecule has 0 aliphatic heterocycles. The lowest BCUT2D eigenvalue weighted by Crippen LogP contribution is -2.23. The molecule has 8 rings (SSSR count). The highest BCUT2D eigenvalue weighted by Gasteiger charge is 2.40. The molecule has 0 bridgehead atoms. The second kappa shape index (κ2) is 9.99. The lowest BCUT2D eigenvalue weighted by atomic mass is 9.73. The van der Waals surface area contributed by atoms with Crippen LogP contribution in [-0.2, 0) is 5.41 Å². The van der Waals surface area contributed by atoms with E-state index in [1.807, 2.05) is 0 Å². The first kappa shape index (κ1) is 25.6. The van der Waals surface area contributed by atoms with E-state index in [-0.39, 0.29) is 5.41 Å². The number of nitrogens with zero attached hydrogens (tertiary/aromatic N) is 3. The van der Waals surface area contributed by atoms with Gasteiger partial charge in [-0.2, -0.15) is 0 Å². The molecular weight excluding hydrogens is 522 g/mol. The lowest BCUT2D eigenvalue weighted by molar-refractivity contribution is 0.490. The number of hydrogen-bond acceptors (Lipinski definition) is 3. The topological polar surface area (TPSA) is 38.7 Å². The van der Waals surface area contributed by atoms with Gasteiger partial charge in [0.2, 0.25) is 0 Å². The van der Waals surface area contributed by atoms with Crippen molar-refractivity contribution < 1.29 is 0 Å². The summed E-state index contributed by atoms with van der Waals surface area (Å²) < 4.78 is 0. The predicted molar refractivity (Wildman–Crippen MR) is 178 cm³/mol. The summed E-state index contributed by atoms with van der Waals surface area (Å²) in [7, 11) is 0. The summed E-state index contributed by atoms with van der Waals surface area (Å²) in [5.41, 5.74) is 8.43. The first-order valence-electron chi connectivity index (χ1n) is 15.2. The van der Waals surface area contributed by atoms with E-state index in [1.54, 1.807) is 0 Å². The van der Waals surface area contributed by atoms with Crippen molar-refractivity contribution in [3.05, 3.63) is 139 Å². The molecule has 7 aromatic rings. The highest BCUT2D eigenvalue weighted by Crippen LogP contribution is 2.53. The predicted octanol–water partition coefficient (Wildman–Crippen LogP) is 10.3. The van der Waals surface area contributed by atoms with E-state index in [9.17, 15) is 0 Å². The van der Waals surface area contributed by atoms with Gasteiger partial charge in [0.05, 0.1) is 0 Å². The Morgan fingerprint density at radius 3 is 1.42 bits per heavy atom. The summed E-state index contributed by atoms with van der Waals surface area (Å²) >= 11 is 0. The number of aromatic nitrogens is 3. The average Bonchev–Trinajstić information content (AvgIpc) is 3.37. The Morgan fingerprint density at radius 1 is 0.419 bits per heavy atom. The second-order valence-electron chi connectivity index (χ2n) is 11.5. The van der Waals surface area contributed by atoms with Crippen LogP contribution in [0, 0.1) is 0 Å². The van der Waals surface area contributed by atoms with Gasteiger partial charge in [0.15, 0.2) is 17.5 Å². The molecular formula is C40H31N3. The molecule has 3 nitrogen and oxygen atoms in total. The minimum absolute atomic E-state index is 0.0165. The van der Waals surface area contributed by atoms with E-state index in [2.05, 4.69) is 141 Å². The summed E-state index contributed by atoms with van der Waals surface area (Å²) in [6.07, 6.45) is 2.08. The van der Waals surface area contributed by atoms with Gasteiger partial charge in [-0.3, -0.25) is 0 Å². The largest absolute Gasteiger partial charge is 0.208 e. The maximum Gasteiger partial charge on any atom is 0.164 e. The molecule has 0 N–H and O–H groups in total. The van der Waals surface area contributed by atoms with Crippen LogP contribution in [0.25, 0.3) is 66.8 Å². The smallest absolute Gasteiger partial charge is 0.164 e. The SMILES string of the molecule is CCC1(CC)c2ccccc2-c2ccc(-c3nc(-c4ccc5ccccc5c4)nc(-c4ccc5ccccc5c4)n3)cc21. The van der Waals surface area contributed by atoms with Crippen LogP contribution in [0.15, 0.2) is 127 Å². The molecule has 0 atom stereocenters. The third-order valence-electron chi connectivity index (χ3n) is 9.38. The summed E-state index contributed by atoms with van der Waals surface area (Å²) in [5, 5.41) is 4.73. The molecule has 6 aromatic carbocycles. The Morgan fingerprint density at radius 2 is 0.860 bits per heavy atom. The molecule has 1 aliphatic carbocycles. The number of rotatable bonds is 5. The van der Waals surface area contributed by atoms with Crippen LogP contribution in [-0.4, -0.2) is 15.0 Å². The van der Waals surface area contributed by atoms with Gasteiger partial charge in [-0.25, -0.2) is 15.0 Å². The molecule has 43 heavy (non-hydrogen) atoms. The molecule has 1 aromatic heterocycles. The van der Waals surface area contributed by atoms with Crippen LogP contribution < -0.4 is 0 Å². The van der Waals surface area contributed by atoms with E-state index in [0.717, 1.165) is 29.5 Å². The molecule has 0 saturated carbocycles. The third kappa shape index (κ3) is 4.07. The Hall–Kier alpha value is -5.15. The minimum Gasteiger partial charge on any atom is -0.208 e. The Bertz CT molecular complexity index is 2080. The van der Waals surface area contributed by atoms with Crippen LogP contribution in [0.3, 0.4) is 0 Å². The van der Waals surface area contributed by atoms with Gasteiger partial charge >= 0.3 is 0 Å². The van der Waals surface area contributed by atoms with Crippen molar-refractivity contribution in [2.75, 3.05) is 0 Å². The first-order valence-corrected chi connectivity index (χ1v) is 15.2. The highest BCUT2D eigenvalue weighted by atomic mass is 15.0. The van der Waals surface area contributed by atoms with Crippen LogP contribution in [0.1, 0.15) is 37.8 Å². The molecule has 1 heterocycles. The summed E-state index contributed by atoms with van der Waals surface area (Å²) in [6, 6.07) is 45.4. The molecule has 0 saturated heterocycles.